The van der Waals surface area contributed by atoms with Gasteiger partial charge >= 0.3 is 36.3 Å². The van der Waals surface area contributed by atoms with Crippen LogP contribution >= 0.6 is 0 Å². The van der Waals surface area contributed by atoms with Crippen molar-refractivity contribution < 1.29 is 53.9 Å². The van der Waals surface area contributed by atoms with Crippen molar-refractivity contribution in [1.82, 2.24) is 20.4 Å². The number of nitrogens with zero attached hydrogens (tertiary/aromatic N) is 2. The van der Waals surface area contributed by atoms with Crippen LogP contribution in [-0.2, 0) is 20.9 Å². The molecular weight excluding hydrogens is 503 g/mol. The van der Waals surface area contributed by atoms with E-state index in [0.29, 0.717) is 5.56 Å². The second-order valence-electron chi connectivity index (χ2n) is 7.06. The first-order valence-electron chi connectivity index (χ1n) is 9.84. The molecule has 0 aromatic heterocycles. The molecule has 0 bridgehead atoms. The summed E-state index contributed by atoms with van der Waals surface area (Å²) in [6, 6.07) is 8.15. The van der Waals surface area contributed by atoms with Crippen molar-refractivity contribution in [2.45, 2.75) is 25.1 Å². The number of carbonyl (C=O) groups excluding carboxylic acids is 3. The van der Waals surface area contributed by atoms with Gasteiger partial charge < -0.3 is 15.5 Å². The maximum absolute atomic E-state index is 12.9. The summed E-state index contributed by atoms with van der Waals surface area (Å²) in [5, 5.41) is 2.97. The third-order valence-corrected chi connectivity index (χ3v) is 4.36. The van der Waals surface area contributed by atoms with Crippen LogP contribution in [0.15, 0.2) is 30.3 Å². The van der Waals surface area contributed by atoms with E-state index in [1.807, 2.05) is 0 Å². The monoisotopic (exact) mass is 524 g/mol. The summed E-state index contributed by atoms with van der Waals surface area (Å²) in [6.07, 6.45) is -15.8. The Morgan fingerprint density at radius 1 is 0.657 bits per heavy atom. The van der Waals surface area contributed by atoms with E-state index in [-0.39, 0.29) is 24.5 Å². The number of benzene rings is 1. The predicted molar refractivity (Wildman–Crippen MR) is 102 cm³/mol. The van der Waals surface area contributed by atoms with Crippen LogP contribution in [0, 0.1) is 0 Å². The van der Waals surface area contributed by atoms with Crippen LogP contribution in [-0.4, -0.2) is 85.3 Å². The highest BCUT2D eigenvalue weighted by atomic mass is 19.4. The molecule has 1 aromatic carbocycles. The van der Waals surface area contributed by atoms with E-state index < -0.39 is 62.4 Å². The van der Waals surface area contributed by atoms with Crippen molar-refractivity contribution in [3.63, 3.8) is 0 Å². The summed E-state index contributed by atoms with van der Waals surface area (Å²) in [4.78, 5) is 35.0. The molecule has 16 heteroatoms. The summed E-state index contributed by atoms with van der Waals surface area (Å²) < 4.78 is 113. The second kappa shape index (κ2) is 12.6. The van der Waals surface area contributed by atoms with Crippen LogP contribution in [0.2, 0.25) is 0 Å². The molecule has 0 aliphatic rings. The average Bonchev–Trinajstić information content (AvgIpc) is 2.73. The molecule has 2 N–H and O–H groups in total. The third kappa shape index (κ3) is 11.3. The Balaban J connectivity index is 2.86. The number of nitrogens with one attached hydrogen (secondary N) is 2. The molecule has 0 radical (unpaired) electrons. The topological polar surface area (TPSA) is 81.8 Å². The van der Waals surface area contributed by atoms with Crippen molar-refractivity contribution in [2.75, 3.05) is 39.3 Å². The van der Waals surface area contributed by atoms with Crippen LogP contribution in [0.5, 0.6) is 0 Å². The zero-order chi connectivity index (χ0) is 26.9. The first-order valence-corrected chi connectivity index (χ1v) is 9.84. The standard InChI is InChI=1S/C19H21F9N4O3/c20-17(21,22)14(33)29-6-8-31(12-13-4-2-1-3-5-13)10-11-32(16(35)19(26,27)28)9-7-30-15(34)18(23,24)25/h1-5H,6-12H2,(H,29,33)(H,30,34). The number of alkyl halides is 9. The van der Waals surface area contributed by atoms with Crippen molar-refractivity contribution >= 4 is 17.7 Å². The van der Waals surface area contributed by atoms with E-state index in [9.17, 15) is 53.9 Å². The molecule has 0 saturated carbocycles. The molecule has 3 amide bonds. The van der Waals surface area contributed by atoms with Gasteiger partial charge in [0.2, 0.25) is 0 Å². The fraction of sp³-hybridized carbons (Fsp3) is 0.526. The largest absolute Gasteiger partial charge is 0.471 e. The van der Waals surface area contributed by atoms with Gasteiger partial charge in [-0.05, 0) is 5.56 Å². The quantitative estimate of drug-likeness (QED) is 0.436. The maximum Gasteiger partial charge on any atom is 0.471 e. The predicted octanol–water partition coefficient (Wildman–Crippen LogP) is 2.24. The molecule has 0 aliphatic carbocycles. The van der Waals surface area contributed by atoms with E-state index in [2.05, 4.69) is 0 Å². The number of hydrogen-bond donors (Lipinski definition) is 2. The van der Waals surface area contributed by atoms with Crippen LogP contribution in [0.3, 0.4) is 0 Å². The Morgan fingerprint density at radius 3 is 1.60 bits per heavy atom. The highest BCUT2D eigenvalue weighted by Gasteiger charge is 2.43. The molecule has 35 heavy (non-hydrogen) atoms. The van der Waals surface area contributed by atoms with Crippen molar-refractivity contribution in [2.24, 2.45) is 0 Å². The Kier molecular flexibility index (Phi) is 10.8. The van der Waals surface area contributed by atoms with Gasteiger partial charge in [-0.1, -0.05) is 30.3 Å². The molecule has 7 nitrogen and oxygen atoms in total. The number of amides is 3. The van der Waals surface area contributed by atoms with Gasteiger partial charge in [0.15, 0.2) is 0 Å². The molecular formula is C19H21F9N4O3. The molecule has 0 atom stereocenters. The summed E-state index contributed by atoms with van der Waals surface area (Å²) in [7, 11) is 0. The van der Waals surface area contributed by atoms with E-state index in [4.69, 9.17) is 0 Å². The van der Waals surface area contributed by atoms with Crippen molar-refractivity contribution in [1.29, 1.82) is 0 Å². The zero-order valence-corrected chi connectivity index (χ0v) is 17.9. The summed E-state index contributed by atoms with van der Waals surface area (Å²) in [5.74, 6) is -6.99. The lowest BCUT2D eigenvalue weighted by atomic mass is 10.2. The smallest absolute Gasteiger partial charge is 0.347 e. The van der Waals surface area contributed by atoms with Crippen molar-refractivity contribution in [3.8, 4) is 0 Å². The minimum Gasteiger partial charge on any atom is -0.347 e. The SMILES string of the molecule is O=C(NCCN(CCN(CCNC(=O)C(F)(F)F)C(=O)C(F)(F)F)Cc1ccccc1)C(F)(F)F. The van der Waals surface area contributed by atoms with E-state index >= 15 is 0 Å². The highest BCUT2D eigenvalue weighted by Crippen LogP contribution is 2.19. The summed E-state index contributed by atoms with van der Waals surface area (Å²) >= 11 is 0. The maximum atomic E-state index is 12.9. The molecule has 1 rings (SSSR count). The minimum absolute atomic E-state index is 0.0155. The van der Waals surface area contributed by atoms with E-state index in [1.54, 1.807) is 35.6 Å². The Bertz CT molecular complexity index is 843. The molecule has 0 unspecified atom stereocenters. The Hall–Kier alpha value is -3.04. The molecule has 0 heterocycles. The van der Waals surface area contributed by atoms with Crippen LogP contribution in [0.1, 0.15) is 5.56 Å². The van der Waals surface area contributed by atoms with Gasteiger partial charge in [-0.15, -0.1) is 0 Å². The van der Waals surface area contributed by atoms with Crippen molar-refractivity contribution in [3.05, 3.63) is 35.9 Å². The normalized spacial score (nSPS) is 12.4. The Morgan fingerprint density at radius 2 is 1.14 bits per heavy atom. The van der Waals surface area contributed by atoms with Gasteiger partial charge in [0.25, 0.3) is 0 Å². The molecule has 0 saturated heterocycles. The third-order valence-electron chi connectivity index (χ3n) is 4.36. The Labute approximate surface area is 193 Å². The van der Waals surface area contributed by atoms with Gasteiger partial charge in [0.05, 0.1) is 0 Å². The second-order valence-corrected chi connectivity index (χ2v) is 7.06. The zero-order valence-electron chi connectivity index (χ0n) is 17.9. The summed E-state index contributed by atoms with van der Waals surface area (Å²) in [5.41, 5.74) is 0.612. The number of rotatable bonds is 11. The van der Waals surface area contributed by atoms with E-state index in [1.165, 1.54) is 10.2 Å². The van der Waals surface area contributed by atoms with Gasteiger partial charge in [-0.3, -0.25) is 19.3 Å². The lowest BCUT2D eigenvalue weighted by Gasteiger charge is -2.28. The van der Waals surface area contributed by atoms with Gasteiger partial charge in [0, 0.05) is 45.8 Å². The summed E-state index contributed by atoms with van der Waals surface area (Å²) in [6.45, 7) is -3.63. The highest BCUT2D eigenvalue weighted by molar-refractivity contribution is 5.83. The molecule has 0 spiro atoms. The van der Waals surface area contributed by atoms with Crippen LogP contribution < -0.4 is 10.6 Å². The number of carbonyl (C=O) groups is 3. The van der Waals surface area contributed by atoms with Gasteiger partial charge in [-0.25, -0.2) is 0 Å². The van der Waals surface area contributed by atoms with Gasteiger partial charge in [-0.2, -0.15) is 39.5 Å². The lowest BCUT2D eigenvalue weighted by Crippen LogP contribution is -2.49. The molecule has 0 aliphatic heterocycles. The molecule has 0 fully saturated rings. The van der Waals surface area contributed by atoms with Crippen LogP contribution in [0.4, 0.5) is 39.5 Å². The molecule has 1 aromatic rings. The fourth-order valence-electron chi connectivity index (χ4n) is 2.70. The lowest BCUT2D eigenvalue weighted by molar-refractivity contribution is -0.185. The van der Waals surface area contributed by atoms with E-state index in [0.717, 1.165) is 0 Å². The van der Waals surface area contributed by atoms with Crippen LogP contribution in [0.25, 0.3) is 0 Å². The first-order chi connectivity index (χ1) is 16.0. The first kappa shape index (κ1) is 30.0. The average molecular weight is 524 g/mol. The molecule has 198 valence electrons. The minimum atomic E-state index is -5.36. The van der Waals surface area contributed by atoms with Gasteiger partial charge in [0.1, 0.15) is 0 Å². The number of hydrogen-bond acceptors (Lipinski definition) is 4. The number of halogens is 9. The fourth-order valence-corrected chi connectivity index (χ4v) is 2.70.